The third-order valence-corrected chi connectivity index (χ3v) is 2.91. The van der Waals surface area contributed by atoms with Crippen molar-refractivity contribution in [3.05, 3.63) is 65.7 Å². The molecule has 0 radical (unpaired) electrons. The molecule has 92 valence electrons. The van der Waals surface area contributed by atoms with E-state index in [2.05, 4.69) is 12.2 Å². The molecule has 0 spiro atoms. The molecule has 2 nitrogen and oxygen atoms in total. The molecule has 0 amide bonds. The molecule has 2 aromatic rings. The normalized spacial score (nSPS) is 10.1. The summed E-state index contributed by atoms with van der Waals surface area (Å²) in [5, 5.41) is 3.12. The molecule has 0 aromatic heterocycles. The molecule has 18 heavy (non-hydrogen) atoms. The first-order valence-electron chi connectivity index (χ1n) is 6.20. The standard InChI is InChI=1S/C16H17NO/c1-2-13-8-10-14(11-9-13)16(18)12-17-15-6-4-3-5-7-15/h3-11,17H,2,12H2,1H3. The Hall–Kier alpha value is -2.09. The van der Waals surface area contributed by atoms with Crippen molar-refractivity contribution in [2.75, 3.05) is 11.9 Å². The maximum Gasteiger partial charge on any atom is 0.181 e. The van der Waals surface area contributed by atoms with Crippen LogP contribution in [0.15, 0.2) is 54.6 Å². The van der Waals surface area contributed by atoms with Crippen LogP contribution in [0.4, 0.5) is 5.69 Å². The van der Waals surface area contributed by atoms with Crippen LogP contribution in [-0.2, 0) is 6.42 Å². The quantitative estimate of drug-likeness (QED) is 0.808. The van der Waals surface area contributed by atoms with E-state index in [1.807, 2.05) is 54.6 Å². The third kappa shape index (κ3) is 3.20. The molecule has 2 aromatic carbocycles. The summed E-state index contributed by atoms with van der Waals surface area (Å²) in [5.41, 5.74) is 2.98. The lowest BCUT2D eigenvalue weighted by atomic mass is 10.1. The van der Waals surface area contributed by atoms with Crippen molar-refractivity contribution in [3.8, 4) is 0 Å². The summed E-state index contributed by atoms with van der Waals surface area (Å²) in [5.74, 6) is 0.113. The van der Waals surface area contributed by atoms with E-state index in [4.69, 9.17) is 0 Å². The molecular weight excluding hydrogens is 222 g/mol. The van der Waals surface area contributed by atoms with E-state index >= 15 is 0 Å². The fourth-order valence-electron chi connectivity index (χ4n) is 1.77. The molecule has 0 bridgehead atoms. The number of rotatable bonds is 5. The van der Waals surface area contributed by atoms with E-state index in [0.717, 1.165) is 17.7 Å². The first-order chi connectivity index (χ1) is 8.79. The van der Waals surface area contributed by atoms with Crippen molar-refractivity contribution in [3.63, 3.8) is 0 Å². The Balaban J connectivity index is 1.95. The molecule has 0 saturated carbocycles. The van der Waals surface area contributed by atoms with Crippen molar-refractivity contribution in [1.82, 2.24) is 0 Å². The summed E-state index contributed by atoms with van der Waals surface area (Å²) >= 11 is 0. The second-order valence-corrected chi connectivity index (χ2v) is 4.19. The minimum atomic E-state index is 0.113. The average Bonchev–Trinajstić information content (AvgIpc) is 2.46. The van der Waals surface area contributed by atoms with Crippen LogP contribution in [0.2, 0.25) is 0 Å². The van der Waals surface area contributed by atoms with Gasteiger partial charge in [0.05, 0.1) is 6.54 Å². The van der Waals surface area contributed by atoms with Crippen molar-refractivity contribution >= 4 is 11.5 Å². The van der Waals surface area contributed by atoms with E-state index in [1.165, 1.54) is 5.56 Å². The lowest BCUT2D eigenvalue weighted by Gasteiger charge is -2.06. The van der Waals surface area contributed by atoms with Crippen LogP contribution in [0.1, 0.15) is 22.8 Å². The van der Waals surface area contributed by atoms with Gasteiger partial charge in [-0.25, -0.2) is 0 Å². The number of hydrogen-bond acceptors (Lipinski definition) is 2. The summed E-state index contributed by atoms with van der Waals surface area (Å²) in [6, 6.07) is 17.6. The molecule has 0 aliphatic rings. The molecule has 1 N–H and O–H groups in total. The average molecular weight is 239 g/mol. The van der Waals surface area contributed by atoms with Gasteiger partial charge in [-0.15, -0.1) is 0 Å². The lowest BCUT2D eigenvalue weighted by molar-refractivity contribution is 0.101. The zero-order valence-electron chi connectivity index (χ0n) is 10.5. The highest BCUT2D eigenvalue weighted by atomic mass is 16.1. The SMILES string of the molecule is CCc1ccc(C(=O)CNc2ccccc2)cc1. The highest BCUT2D eigenvalue weighted by Crippen LogP contribution is 2.08. The first-order valence-corrected chi connectivity index (χ1v) is 6.20. The van der Waals surface area contributed by atoms with Gasteiger partial charge in [0, 0.05) is 11.3 Å². The maximum absolute atomic E-state index is 12.0. The number of anilines is 1. The monoisotopic (exact) mass is 239 g/mol. The number of ketones is 1. The van der Waals surface area contributed by atoms with Gasteiger partial charge in [0.25, 0.3) is 0 Å². The van der Waals surface area contributed by atoms with Crippen LogP contribution in [0.25, 0.3) is 0 Å². The first kappa shape index (κ1) is 12.4. The van der Waals surface area contributed by atoms with Gasteiger partial charge in [-0.1, -0.05) is 49.4 Å². The molecule has 0 fully saturated rings. The maximum atomic E-state index is 12.0. The van der Waals surface area contributed by atoms with Crippen LogP contribution in [-0.4, -0.2) is 12.3 Å². The zero-order chi connectivity index (χ0) is 12.8. The largest absolute Gasteiger partial charge is 0.378 e. The number of carbonyl (C=O) groups excluding carboxylic acids is 1. The molecule has 0 unspecified atom stereocenters. The van der Waals surface area contributed by atoms with E-state index in [0.29, 0.717) is 6.54 Å². The number of benzene rings is 2. The van der Waals surface area contributed by atoms with Crippen molar-refractivity contribution < 1.29 is 4.79 Å². The highest BCUT2D eigenvalue weighted by Gasteiger charge is 2.04. The van der Waals surface area contributed by atoms with Crippen LogP contribution >= 0.6 is 0 Å². The number of carbonyl (C=O) groups is 1. The highest BCUT2D eigenvalue weighted by molar-refractivity contribution is 5.98. The predicted octanol–water partition coefficient (Wildman–Crippen LogP) is 3.54. The van der Waals surface area contributed by atoms with E-state index in [1.54, 1.807) is 0 Å². The fourth-order valence-corrected chi connectivity index (χ4v) is 1.77. The Morgan fingerprint density at radius 1 is 1.00 bits per heavy atom. The fraction of sp³-hybridized carbons (Fsp3) is 0.188. The summed E-state index contributed by atoms with van der Waals surface area (Å²) in [6.07, 6.45) is 0.997. The summed E-state index contributed by atoms with van der Waals surface area (Å²) in [7, 11) is 0. The van der Waals surface area contributed by atoms with E-state index < -0.39 is 0 Å². The number of para-hydroxylation sites is 1. The Kier molecular flexibility index (Phi) is 4.13. The number of hydrogen-bond donors (Lipinski definition) is 1. The third-order valence-electron chi connectivity index (χ3n) is 2.91. The molecule has 0 heterocycles. The molecule has 0 aliphatic carbocycles. The van der Waals surface area contributed by atoms with Gasteiger partial charge in [0.15, 0.2) is 5.78 Å². The summed E-state index contributed by atoms with van der Waals surface area (Å²) in [6.45, 7) is 2.43. The van der Waals surface area contributed by atoms with Crippen LogP contribution in [0.5, 0.6) is 0 Å². The van der Waals surface area contributed by atoms with Gasteiger partial charge in [0.1, 0.15) is 0 Å². The molecule has 0 aliphatic heterocycles. The lowest BCUT2D eigenvalue weighted by Crippen LogP contribution is -2.13. The molecule has 0 saturated heterocycles. The van der Waals surface area contributed by atoms with Gasteiger partial charge >= 0.3 is 0 Å². The van der Waals surface area contributed by atoms with Gasteiger partial charge in [-0.2, -0.15) is 0 Å². The topological polar surface area (TPSA) is 29.1 Å². The number of Topliss-reactive ketones (excluding diaryl/α,β-unsaturated/α-hetero) is 1. The second-order valence-electron chi connectivity index (χ2n) is 4.19. The Labute approximate surface area is 108 Å². The predicted molar refractivity (Wildman–Crippen MR) is 75.1 cm³/mol. The van der Waals surface area contributed by atoms with Crippen LogP contribution in [0.3, 0.4) is 0 Å². The Bertz CT molecular complexity index is 502. The van der Waals surface area contributed by atoms with Crippen molar-refractivity contribution in [2.45, 2.75) is 13.3 Å². The van der Waals surface area contributed by atoms with Gasteiger partial charge in [-0.3, -0.25) is 4.79 Å². The molecule has 2 heteroatoms. The molecule has 0 atom stereocenters. The van der Waals surface area contributed by atoms with Gasteiger partial charge in [0.2, 0.25) is 0 Å². The van der Waals surface area contributed by atoms with Crippen LogP contribution in [0, 0.1) is 0 Å². The summed E-state index contributed by atoms with van der Waals surface area (Å²) < 4.78 is 0. The zero-order valence-corrected chi connectivity index (χ0v) is 10.5. The Morgan fingerprint density at radius 3 is 2.28 bits per heavy atom. The van der Waals surface area contributed by atoms with Gasteiger partial charge < -0.3 is 5.32 Å². The minimum Gasteiger partial charge on any atom is -0.378 e. The number of nitrogens with one attached hydrogen (secondary N) is 1. The Morgan fingerprint density at radius 2 is 1.67 bits per heavy atom. The van der Waals surface area contributed by atoms with Crippen molar-refractivity contribution in [1.29, 1.82) is 0 Å². The summed E-state index contributed by atoms with van der Waals surface area (Å²) in [4.78, 5) is 12.0. The smallest absolute Gasteiger partial charge is 0.181 e. The second kappa shape index (κ2) is 6.01. The molecular formula is C16H17NO. The number of aryl methyl sites for hydroxylation is 1. The van der Waals surface area contributed by atoms with E-state index in [-0.39, 0.29) is 5.78 Å². The van der Waals surface area contributed by atoms with Crippen molar-refractivity contribution in [2.24, 2.45) is 0 Å². The van der Waals surface area contributed by atoms with Crippen LogP contribution < -0.4 is 5.32 Å². The van der Waals surface area contributed by atoms with Gasteiger partial charge in [-0.05, 0) is 24.1 Å². The minimum absolute atomic E-state index is 0.113. The van der Waals surface area contributed by atoms with E-state index in [9.17, 15) is 4.79 Å². The molecule has 2 rings (SSSR count).